The number of pyridine rings is 1. The number of aryl methyl sites for hydroxylation is 1. The lowest BCUT2D eigenvalue weighted by Gasteiger charge is -2.18. The number of nitrogens with one attached hydrogen (secondary N) is 1. The maximum absolute atomic E-state index is 13.1. The summed E-state index contributed by atoms with van der Waals surface area (Å²) >= 11 is 0. The number of hydrogen-bond donors (Lipinski definition) is 1. The van der Waals surface area contributed by atoms with E-state index in [-0.39, 0.29) is 11.9 Å². The van der Waals surface area contributed by atoms with Gasteiger partial charge in [-0.3, -0.25) is 4.79 Å². The van der Waals surface area contributed by atoms with E-state index >= 15 is 0 Å². The number of benzene rings is 1. The van der Waals surface area contributed by atoms with Gasteiger partial charge in [0.1, 0.15) is 5.82 Å². The predicted molar refractivity (Wildman–Crippen MR) is 106 cm³/mol. The molecule has 0 radical (unpaired) electrons. The van der Waals surface area contributed by atoms with Gasteiger partial charge in [-0.05, 0) is 57.4 Å². The summed E-state index contributed by atoms with van der Waals surface area (Å²) < 4.78 is 23.8. The lowest BCUT2D eigenvalue weighted by Crippen LogP contribution is -2.37. The molecule has 2 atom stereocenters. The number of carbonyl (C=O) groups is 2. The maximum Gasteiger partial charge on any atom is 0.339 e. The number of aromatic nitrogens is 2. The van der Waals surface area contributed by atoms with Crippen molar-refractivity contribution >= 4 is 23.0 Å². The molecule has 1 amide bonds. The van der Waals surface area contributed by atoms with E-state index in [0.717, 1.165) is 24.1 Å². The fourth-order valence-corrected chi connectivity index (χ4v) is 3.31. The third kappa shape index (κ3) is 4.03. The first-order valence-electron chi connectivity index (χ1n) is 9.87. The number of fused-ring (bicyclic) bond motifs is 1. The minimum Gasteiger partial charge on any atom is -0.449 e. The summed E-state index contributed by atoms with van der Waals surface area (Å²) in [7, 11) is 0. The molecule has 8 heteroatoms. The Hall–Kier alpha value is -3.29. The Morgan fingerprint density at radius 2 is 1.93 bits per heavy atom. The average Bonchev–Trinajstić information content (AvgIpc) is 3.51. The van der Waals surface area contributed by atoms with E-state index in [9.17, 15) is 14.0 Å². The van der Waals surface area contributed by atoms with Gasteiger partial charge >= 0.3 is 5.97 Å². The first-order chi connectivity index (χ1) is 14.3. The van der Waals surface area contributed by atoms with Crippen molar-refractivity contribution in [3.05, 3.63) is 58.7 Å². The molecule has 1 aromatic carbocycles. The summed E-state index contributed by atoms with van der Waals surface area (Å²) in [5.74, 6) is -1.12. The van der Waals surface area contributed by atoms with Crippen molar-refractivity contribution in [2.75, 3.05) is 0 Å². The largest absolute Gasteiger partial charge is 0.449 e. The van der Waals surface area contributed by atoms with Gasteiger partial charge in [0.05, 0.1) is 22.7 Å². The number of ether oxygens (including phenoxy) is 1. The number of amides is 1. The minimum atomic E-state index is -1.02. The van der Waals surface area contributed by atoms with Crippen molar-refractivity contribution in [1.29, 1.82) is 0 Å². The Labute approximate surface area is 172 Å². The van der Waals surface area contributed by atoms with Gasteiger partial charge in [-0.1, -0.05) is 17.3 Å². The quantitative estimate of drug-likeness (QED) is 0.617. The molecule has 0 bridgehead atoms. The van der Waals surface area contributed by atoms with Crippen LogP contribution in [0.2, 0.25) is 0 Å². The van der Waals surface area contributed by atoms with Gasteiger partial charge in [-0.15, -0.1) is 0 Å². The number of esters is 1. The van der Waals surface area contributed by atoms with E-state index in [1.165, 1.54) is 19.1 Å². The SMILES string of the molecule is Cc1noc2nc(C3CC3)cc(C(=O)O[C@H](C)C(=O)N[C@H](C)c3ccc(F)cc3)c12. The lowest BCUT2D eigenvalue weighted by atomic mass is 10.1. The van der Waals surface area contributed by atoms with Crippen LogP contribution in [0.1, 0.15) is 66.0 Å². The molecular formula is C22H22FN3O4. The van der Waals surface area contributed by atoms with E-state index in [1.54, 1.807) is 32.0 Å². The van der Waals surface area contributed by atoms with Gasteiger partial charge in [0, 0.05) is 11.6 Å². The van der Waals surface area contributed by atoms with Gasteiger partial charge in [0.15, 0.2) is 6.10 Å². The smallest absolute Gasteiger partial charge is 0.339 e. The predicted octanol–water partition coefficient (Wildman–Crippen LogP) is 3.97. The van der Waals surface area contributed by atoms with Crippen LogP contribution in [0.15, 0.2) is 34.9 Å². The highest BCUT2D eigenvalue weighted by Crippen LogP contribution is 2.40. The van der Waals surface area contributed by atoms with Crippen molar-refractivity contribution in [1.82, 2.24) is 15.5 Å². The fourth-order valence-electron chi connectivity index (χ4n) is 3.31. The van der Waals surface area contributed by atoms with Gasteiger partial charge in [0.25, 0.3) is 11.6 Å². The van der Waals surface area contributed by atoms with Crippen LogP contribution in [-0.4, -0.2) is 28.1 Å². The molecular weight excluding hydrogens is 389 g/mol. The highest BCUT2D eigenvalue weighted by molar-refractivity contribution is 6.04. The second-order valence-corrected chi connectivity index (χ2v) is 7.65. The summed E-state index contributed by atoms with van der Waals surface area (Å²) in [5, 5.41) is 7.17. The van der Waals surface area contributed by atoms with E-state index < -0.39 is 18.0 Å². The molecule has 3 aromatic rings. The first kappa shape index (κ1) is 20.0. The fraction of sp³-hybridized carbons (Fsp3) is 0.364. The van der Waals surface area contributed by atoms with Crippen molar-refractivity contribution in [3.63, 3.8) is 0 Å². The summed E-state index contributed by atoms with van der Waals surface area (Å²) in [5.41, 5.74) is 2.65. The second kappa shape index (κ2) is 7.85. The van der Waals surface area contributed by atoms with Crippen molar-refractivity contribution < 1.29 is 23.2 Å². The Bertz CT molecular complexity index is 1110. The van der Waals surface area contributed by atoms with Gasteiger partial charge in [-0.2, -0.15) is 0 Å². The van der Waals surface area contributed by atoms with Gasteiger partial charge < -0.3 is 14.6 Å². The topological polar surface area (TPSA) is 94.3 Å². The normalized spacial score (nSPS) is 15.6. The molecule has 156 valence electrons. The molecule has 4 rings (SSSR count). The summed E-state index contributed by atoms with van der Waals surface area (Å²) in [4.78, 5) is 29.8. The molecule has 1 saturated carbocycles. The molecule has 2 heterocycles. The number of hydrogen-bond acceptors (Lipinski definition) is 6. The van der Waals surface area contributed by atoms with Crippen LogP contribution in [0.25, 0.3) is 11.1 Å². The molecule has 1 N–H and O–H groups in total. The monoisotopic (exact) mass is 411 g/mol. The van der Waals surface area contributed by atoms with Crippen LogP contribution < -0.4 is 5.32 Å². The molecule has 1 fully saturated rings. The third-order valence-corrected chi connectivity index (χ3v) is 5.23. The zero-order chi connectivity index (χ0) is 21.4. The van der Waals surface area contributed by atoms with Crippen LogP contribution in [0, 0.1) is 12.7 Å². The maximum atomic E-state index is 13.1. The van der Waals surface area contributed by atoms with E-state index in [1.807, 2.05) is 0 Å². The molecule has 0 unspecified atom stereocenters. The average molecular weight is 411 g/mol. The Balaban J connectivity index is 1.48. The van der Waals surface area contributed by atoms with E-state index in [0.29, 0.717) is 28.3 Å². The Kier molecular flexibility index (Phi) is 5.24. The zero-order valence-corrected chi connectivity index (χ0v) is 16.9. The molecule has 7 nitrogen and oxygen atoms in total. The number of carbonyl (C=O) groups excluding carboxylic acids is 2. The van der Waals surface area contributed by atoms with E-state index in [4.69, 9.17) is 9.26 Å². The van der Waals surface area contributed by atoms with Gasteiger partial charge in [-0.25, -0.2) is 14.2 Å². The Morgan fingerprint density at radius 1 is 1.23 bits per heavy atom. The lowest BCUT2D eigenvalue weighted by molar-refractivity contribution is -0.129. The van der Waals surface area contributed by atoms with Crippen LogP contribution in [0.3, 0.4) is 0 Å². The summed E-state index contributed by atoms with van der Waals surface area (Å²) in [6.45, 7) is 5.00. The van der Waals surface area contributed by atoms with Gasteiger partial charge in [0.2, 0.25) is 0 Å². The second-order valence-electron chi connectivity index (χ2n) is 7.65. The molecule has 0 spiro atoms. The van der Waals surface area contributed by atoms with Crippen LogP contribution in [0.4, 0.5) is 4.39 Å². The highest BCUT2D eigenvalue weighted by Gasteiger charge is 2.30. The standard InChI is InChI=1S/C22H22FN3O4/c1-11(14-6-8-16(23)9-7-14)24-20(27)13(3)29-22(28)17-10-18(15-4-5-15)25-21-19(17)12(2)26-30-21/h6-11,13,15H,4-5H2,1-3H3,(H,24,27)/t11-,13-/m1/s1. The molecule has 1 aliphatic rings. The highest BCUT2D eigenvalue weighted by atomic mass is 19.1. The van der Waals surface area contributed by atoms with E-state index in [2.05, 4.69) is 15.5 Å². The molecule has 1 aliphatic carbocycles. The van der Waals surface area contributed by atoms with Crippen molar-refractivity contribution in [2.24, 2.45) is 0 Å². The zero-order valence-electron chi connectivity index (χ0n) is 16.9. The van der Waals surface area contributed by atoms with Crippen LogP contribution >= 0.6 is 0 Å². The molecule has 30 heavy (non-hydrogen) atoms. The first-order valence-corrected chi connectivity index (χ1v) is 9.87. The molecule has 0 aliphatic heterocycles. The van der Waals surface area contributed by atoms with Crippen molar-refractivity contribution in [3.8, 4) is 0 Å². The Morgan fingerprint density at radius 3 is 2.60 bits per heavy atom. The minimum absolute atomic E-state index is 0.297. The van der Waals surface area contributed by atoms with Crippen LogP contribution in [-0.2, 0) is 9.53 Å². The summed E-state index contributed by atoms with van der Waals surface area (Å²) in [6, 6.07) is 7.19. The molecule has 2 aromatic heterocycles. The molecule has 0 saturated heterocycles. The number of rotatable bonds is 6. The number of nitrogens with zero attached hydrogens (tertiary/aromatic N) is 2. The number of halogens is 1. The van der Waals surface area contributed by atoms with Crippen LogP contribution in [0.5, 0.6) is 0 Å². The summed E-state index contributed by atoms with van der Waals surface area (Å²) in [6.07, 6.45) is 1.01. The van der Waals surface area contributed by atoms with Crippen molar-refractivity contribution in [2.45, 2.75) is 51.7 Å². The third-order valence-electron chi connectivity index (χ3n) is 5.23.